The Kier molecular flexibility index (Phi) is 5.42. The zero-order chi connectivity index (χ0) is 20.4. The van der Waals surface area contributed by atoms with Gasteiger partial charge < -0.3 is 11.5 Å². The maximum absolute atomic E-state index is 11.6. The predicted molar refractivity (Wildman–Crippen MR) is 109 cm³/mol. The van der Waals surface area contributed by atoms with Crippen LogP contribution in [-0.2, 0) is 11.2 Å². The van der Waals surface area contributed by atoms with Crippen LogP contribution in [0.4, 0.5) is 0 Å². The molecule has 0 aliphatic heterocycles. The minimum atomic E-state index is -0.606. The van der Waals surface area contributed by atoms with Gasteiger partial charge >= 0.3 is 0 Å². The fourth-order valence-electron chi connectivity index (χ4n) is 3.05. The summed E-state index contributed by atoms with van der Waals surface area (Å²) in [5.41, 5.74) is 15.9. The van der Waals surface area contributed by atoms with Crippen molar-refractivity contribution in [1.29, 1.82) is 0 Å². The first-order valence-electron chi connectivity index (χ1n) is 8.59. The van der Waals surface area contributed by atoms with Crippen LogP contribution in [0.3, 0.4) is 0 Å². The zero-order valence-electron chi connectivity index (χ0n) is 15.5. The monoisotopic (exact) mass is 394 g/mol. The molecule has 3 aromatic rings. The van der Waals surface area contributed by atoms with Crippen molar-refractivity contribution < 1.29 is 9.59 Å². The third-order valence-corrected chi connectivity index (χ3v) is 4.67. The highest BCUT2D eigenvalue weighted by molar-refractivity contribution is 6.33. The summed E-state index contributed by atoms with van der Waals surface area (Å²) in [6.45, 7) is 3.54. The summed E-state index contributed by atoms with van der Waals surface area (Å²) in [5.74, 6) is -1.01. The SMILES string of the molecule is Cc1nc(C)c(-c2ccc(-c3ccc(CC(N)=O)cc3Cl)cc2)nc1C(N)=O. The standard InChI is InChI=1S/C21H19ClN4O2/c1-11-19(26-20(21(24)28)12(2)25-11)15-6-4-14(5-7-15)16-8-3-13(9-17(16)22)10-18(23)27/h3-9H,10H2,1-2H3,(H2,23,27)(H2,24,28). The van der Waals surface area contributed by atoms with Crippen LogP contribution in [0.15, 0.2) is 42.5 Å². The summed E-state index contributed by atoms with van der Waals surface area (Å²) in [6, 6.07) is 13.0. The first-order chi connectivity index (χ1) is 13.3. The minimum absolute atomic E-state index is 0.145. The number of nitrogens with zero attached hydrogens (tertiary/aromatic N) is 2. The fourth-order valence-corrected chi connectivity index (χ4v) is 3.36. The van der Waals surface area contributed by atoms with Crippen molar-refractivity contribution in [2.45, 2.75) is 20.3 Å². The summed E-state index contributed by atoms with van der Waals surface area (Å²) in [6.07, 6.45) is 0.145. The third kappa shape index (κ3) is 4.02. The number of nitrogens with two attached hydrogens (primary N) is 2. The Hall–Kier alpha value is -3.25. The Labute approximate surface area is 167 Å². The number of primary amides is 2. The van der Waals surface area contributed by atoms with Gasteiger partial charge in [0.05, 0.1) is 23.5 Å². The number of hydrogen-bond acceptors (Lipinski definition) is 4. The lowest BCUT2D eigenvalue weighted by atomic mass is 10.00. The molecular weight excluding hydrogens is 376 g/mol. The molecule has 0 unspecified atom stereocenters. The van der Waals surface area contributed by atoms with Crippen LogP contribution in [0.1, 0.15) is 27.4 Å². The molecule has 4 N–H and O–H groups in total. The molecule has 1 aromatic heterocycles. The van der Waals surface area contributed by atoms with E-state index in [9.17, 15) is 9.59 Å². The first kappa shape index (κ1) is 19.5. The molecule has 0 fully saturated rings. The molecule has 0 saturated carbocycles. The van der Waals surface area contributed by atoms with Gasteiger partial charge in [0.1, 0.15) is 5.69 Å². The van der Waals surface area contributed by atoms with Gasteiger partial charge in [0.25, 0.3) is 5.91 Å². The van der Waals surface area contributed by atoms with Crippen LogP contribution in [-0.4, -0.2) is 21.8 Å². The van der Waals surface area contributed by atoms with Crippen molar-refractivity contribution in [2.24, 2.45) is 11.5 Å². The number of benzene rings is 2. The van der Waals surface area contributed by atoms with E-state index in [2.05, 4.69) is 9.97 Å². The van der Waals surface area contributed by atoms with Crippen molar-refractivity contribution in [3.05, 3.63) is 70.1 Å². The molecule has 0 saturated heterocycles. The molecule has 0 bridgehead atoms. The summed E-state index contributed by atoms with van der Waals surface area (Å²) < 4.78 is 0. The molecule has 0 aliphatic rings. The summed E-state index contributed by atoms with van der Waals surface area (Å²) in [7, 11) is 0. The van der Waals surface area contributed by atoms with Gasteiger partial charge in [-0.05, 0) is 31.0 Å². The molecule has 2 amide bonds. The second kappa shape index (κ2) is 7.78. The first-order valence-corrected chi connectivity index (χ1v) is 8.96. The normalized spacial score (nSPS) is 10.7. The highest BCUT2D eigenvalue weighted by Crippen LogP contribution is 2.31. The number of aryl methyl sites for hydroxylation is 2. The number of hydrogen-bond donors (Lipinski definition) is 2. The van der Waals surface area contributed by atoms with Gasteiger partial charge in [-0.1, -0.05) is 48.0 Å². The Morgan fingerprint density at radius 1 is 0.929 bits per heavy atom. The number of rotatable bonds is 5. The highest BCUT2D eigenvalue weighted by Gasteiger charge is 2.14. The van der Waals surface area contributed by atoms with Crippen LogP contribution < -0.4 is 11.5 Å². The molecule has 2 aromatic carbocycles. The van der Waals surface area contributed by atoms with Gasteiger partial charge in [0.15, 0.2) is 0 Å². The van der Waals surface area contributed by atoms with E-state index in [1.807, 2.05) is 43.3 Å². The van der Waals surface area contributed by atoms with Crippen molar-refractivity contribution in [1.82, 2.24) is 9.97 Å². The van der Waals surface area contributed by atoms with Gasteiger partial charge in [0.2, 0.25) is 5.91 Å². The molecule has 142 valence electrons. The molecule has 6 nitrogen and oxygen atoms in total. The third-order valence-electron chi connectivity index (χ3n) is 4.36. The fraction of sp³-hybridized carbons (Fsp3) is 0.143. The predicted octanol–water partition coefficient (Wildman–Crippen LogP) is 3.21. The van der Waals surface area contributed by atoms with Gasteiger partial charge in [-0.15, -0.1) is 0 Å². The highest BCUT2D eigenvalue weighted by atomic mass is 35.5. The second-order valence-electron chi connectivity index (χ2n) is 6.49. The summed E-state index contributed by atoms with van der Waals surface area (Å²) in [5, 5.41) is 0.536. The van der Waals surface area contributed by atoms with E-state index in [-0.39, 0.29) is 12.1 Å². The van der Waals surface area contributed by atoms with Crippen LogP contribution in [0.2, 0.25) is 5.02 Å². The number of carbonyl (C=O) groups excluding carboxylic acids is 2. The molecule has 0 radical (unpaired) electrons. The van der Waals surface area contributed by atoms with E-state index in [0.717, 1.165) is 22.3 Å². The van der Waals surface area contributed by atoms with Crippen LogP contribution in [0.25, 0.3) is 22.4 Å². The number of halogens is 1. The average Bonchev–Trinajstić information content (AvgIpc) is 2.61. The van der Waals surface area contributed by atoms with E-state index in [4.69, 9.17) is 23.1 Å². The maximum atomic E-state index is 11.6. The van der Waals surface area contributed by atoms with E-state index >= 15 is 0 Å². The van der Waals surface area contributed by atoms with E-state index in [0.29, 0.717) is 22.1 Å². The van der Waals surface area contributed by atoms with Gasteiger partial charge in [-0.2, -0.15) is 0 Å². The quantitative estimate of drug-likeness (QED) is 0.691. The molecule has 0 spiro atoms. The number of amides is 2. The van der Waals surface area contributed by atoms with Crippen molar-refractivity contribution in [3.8, 4) is 22.4 Å². The topological polar surface area (TPSA) is 112 Å². The van der Waals surface area contributed by atoms with Crippen molar-refractivity contribution in [3.63, 3.8) is 0 Å². The van der Waals surface area contributed by atoms with Crippen LogP contribution in [0.5, 0.6) is 0 Å². The molecule has 0 atom stereocenters. The number of carbonyl (C=O) groups is 2. The van der Waals surface area contributed by atoms with Crippen LogP contribution >= 0.6 is 11.6 Å². The smallest absolute Gasteiger partial charge is 0.269 e. The molecule has 28 heavy (non-hydrogen) atoms. The Bertz CT molecular complexity index is 1080. The van der Waals surface area contributed by atoms with Gasteiger partial charge in [-0.25, -0.2) is 4.98 Å². The van der Waals surface area contributed by atoms with Gasteiger partial charge in [-0.3, -0.25) is 14.6 Å². The Balaban J connectivity index is 1.96. The summed E-state index contributed by atoms with van der Waals surface area (Å²) >= 11 is 6.38. The molecule has 1 heterocycles. The molecular formula is C21H19ClN4O2. The van der Waals surface area contributed by atoms with E-state index in [1.54, 1.807) is 13.0 Å². The minimum Gasteiger partial charge on any atom is -0.369 e. The molecule has 3 rings (SSSR count). The largest absolute Gasteiger partial charge is 0.369 e. The Morgan fingerprint density at radius 3 is 2.14 bits per heavy atom. The zero-order valence-corrected chi connectivity index (χ0v) is 16.2. The number of aromatic nitrogens is 2. The van der Waals surface area contributed by atoms with Crippen molar-refractivity contribution in [2.75, 3.05) is 0 Å². The van der Waals surface area contributed by atoms with E-state index < -0.39 is 11.8 Å². The molecule has 7 heteroatoms. The van der Waals surface area contributed by atoms with Crippen LogP contribution in [0, 0.1) is 13.8 Å². The molecule has 0 aliphatic carbocycles. The van der Waals surface area contributed by atoms with E-state index in [1.165, 1.54) is 0 Å². The lowest BCUT2D eigenvalue weighted by Gasteiger charge is -2.10. The lowest BCUT2D eigenvalue weighted by molar-refractivity contribution is -0.117. The lowest BCUT2D eigenvalue weighted by Crippen LogP contribution is -2.17. The second-order valence-corrected chi connectivity index (χ2v) is 6.90. The summed E-state index contributed by atoms with van der Waals surface area (Å²) in [4.78, 5) is 31.4. The van der Waals surface area contributed by atoms with Gasteiger partial charge in [0, 0.05) is 16.1 Å². The Morgan fingerprint density at radius 2 is 1.57 bits per heavy atom. The average molecular weight is 395 g/mol. The maximum Gasteiger partial charge on any atom is 0.269 e. The van der Waals surface area contributed by atoms with Crippen molar-refractivity contribution >= 4 is 23.4 Å².